The van der Waals surface area contributed by atoms with Crippen LogP contribution in [0.5, 0.6) is 11.5 Å². The van der Waals surface area contributed by atoms with Crippen LogP contribution in [0.1, 0.15) is 70.9 Å². The lowest BCUT2D eigenvalue weighted by Crippen LogP contribution is -2.06. The second kappa shape index (κ2) is 14.2. The Bertz CT molecular complexity index is 798. The van der Waals surface area contributed by atoms with Crippen molar-refractivity contribution < 1.29 is 19.9 Å². The zero-order valence-electron chi connectivity index (χ0n) is 20.3. The molecule has 180 valence electrons. The molecule has 0 fully saturated rings. The van der Waals surface area contributed by atoms with Crippen molar-refractivity contribution in [2.75, 3.05) is 13.2 Å². The summed E-state index contributed by atoms with van der Waals surface area (Å²) >= 11 is 0. The highest BCUT2D eigenvalue weighted by molar-refractivity contribution is 6.02. The van der Waals surface area contributed by atoms with Crippen LogP contribution in [-0.4, -0.2) is 35.1 Å². The monoisotopic (exact) mass is 454 g/mol. The molecule has 0 aromatic heterocycles. The van der Waals surface area contributed by atoms with Crippen LogP contribution < -0.4 is 9.47 Å². The summed E-state index contributed by atoms with van der Waals surface area (Å²) in [5.74, 6) is 2.82. The number of oxime groups is 2. The van der Waals surface area contributed by atoms with Gasteiger partial charge in [-0.3, -0.25) is 0 Å². The van der Waals surface area contributed by atoms with Crippen LogP contribution in [0.2, 0.25) is 0 Å². The van der Waals surface area contributed by atoms with Crippen LogP contribution in [0.25, 0.3) is 0 Å². The van der Waals surface area contributed by atoms with E-state index >= 15 is 0 Å². The first-order chi connectivity index (χ1) is 15.9. The maximum Gasteiger partial charge on any atom is 0.119 e. The Hall–Kier alpha value is -3.02. The number of hydrogen-bond donors (Lipinski definition) is 2. The molecule has 0 bridgehead atoms. The highest BCUT2D eigenvalue weighted by Gasteiger charge is 2.10. The summed E-state index contributed by atoms with van der Waals surface area (Å²) in [5.41, 5.74) is 2.88. The first-order valence-electron chi connectivity index (χ1n) is 11.8. The molecule has 0 saturated carbocycles. The molecule has 0 aliphatic heterocycles. The maximum absolute atomic E-state index is 9.49. The molecule has 0 saturated heterocycles. The van der Waals surface area contributed by atoms with Crippen molar-refractivity contribution >= 4 is 11.4 Å². The maximum atomic E-state index is 9.49. The van der Waals surface area contributed by atoms with Crippen molar-refractivity contribution in [2.45, 2.75) is 59.8 Å². The predicted molar refractivity (Wildman–Crippen MR) is 133 cm³/mol. The van der Waals surface area contributed by atoms with E-state index < -0.39 is 0 Å². The van der Waals surface area contributed by atoms with Crippen molar-refractivity contribution in [1.29, 1.82) is 0 Å². The summed E-state index contributed by atoms with van der Waals surface area (Å²) < 4.78 is 11.5. The summed E-state index contributed by atoms with van der Waals surface area (Å²) in [5, 5.41) is 25.9. The number of hydrogen-bond acceptors (Lipinski definition) is 6. The first-order valence-corrected chi connectivity index (χ1v) is 11.8. The van der Waals surface area contributed by atoms with Gasteiger partial charge in [0.15, 0.2) is 0 Å². The number of nitrogens with zero attached hydrogens (tertiary/aromatic N) is 2. The molecule has 2 aromatic carbocycles. The van der Waals surface area contributed by atoms with Gasteiger partial charge in [-0.05, 0) is 104 Å². The molecule has 2 aromatic rings. The first kappa shape index (κ1) is 26.2. The molecule has 2 rings (SSSR count). The Labute approximate surface area is 197 Å². The van der Waals surface area contributed by atoms with E-state index in [2.05, 4.69) is 38.0 Å². The van der Waals surface area contributed by atoms with Crippen molar-refractivity contribution in [3.05, 3.63) is 59.7 Å². The van der Waals surface area contributed by atoms with Crippen LogP contribution in [0.3, 0.4) is 0 Å². The topological polar surface area (TPSA) is 83.6 Å². The van der Waals surface area contributed by atoms with Crippen molar-refractivity contribution in [3.8, 4) is 11.5 Å². The average molecular weight is 455 g/mol. The molecule has 0 atom stereocenters. The molecule has 0 heterocycles. The number of ether oxygens (including phenoxy) is 2. The Kier molecular flexibility index (Phi) is 11.3. The Morgan fingerprint density at radius 1 is 0.667 bits per heavy atom. The molecular weight excluding hydrogens is 416 g/mol. The quantitative estimate of drug-likeness (QED) is 0.188. The Morgan fingerprint density at radius 3 is 1.33 bits per heavy atom. The van der Waals surface area contributed by atoms with Gasteiger partial charge in [-0.15, -0.1) is 0 Å². The molecule has 0 unspecified atom stereocenters. The van der Waals surface area contributed by atoms with Gasteiger partial charge in [-0.2, -0.15) is 0 Å². The number of benzene rings is 2. The van der Waals surface area contributed by atoms with Gasteiger partial charge in [0, 0.05) is 0 Å². The zero-order valence-corrected chi connectivity index (χ0v) is 20.3. The summed E-state index contributed by atoms with van der Waals surface area (Å²) in [4.78, 5) is 0. The van der Waals surface area contributed by atoms with Gasteiger partial charge in [-0.25, -0.2) is 0 Å². The van der Waals surface area contributed by atoms with E-state index in [0.29, 0.717) is 55.7 Å². The van der Waals surface area contributed by atoms with E-state index in [0.717, 1.165) is 35.5 Å². The van der Waals surface area contributed by atoms with Gasteiger partial charge >= 0.3 is 0 Å². The second-order valence-corrected chi connectivity index (χ2v) is 9.06. The van der Waals surface area contributed by atoms with Gasteiger partial charge in [-0.1, -0.05) is 38.0 Å². The van der Waals surface area contributed by atoms with Crippen molar-refractivity contribution in [1.82, 2.24) is 0 Å². The lowest BCUT2D eigenvalue weighted by Gasteiger charge is -2.10. The van der Waals surface area contributed by atoms with E-state index in [-0.39, 0.29) is 0 Å². The molecule has 0 spiro atoms. The second-order valence-electron chi connectivity index (χ2n) is 9.06. The molecule has 0 radical (unpaired) electrons. The van der Waals surface area contributed by atoms with Crippen molar-refractivity contribution in [2.24, 2.45) is 22.1 Å². The van der Waals surface area contributed by atoms with Crippen LogP contribution in [0.4, 0.5) is 0 Å². The highest BCUT2D eigenvalue weighted by atomic mass is 16.5. The normalized spacial score (nSPS) is 12.4. The fourth-order valence-corrected chi connectivity index (χ4v) is 3.24. The fourth-order valence-electron chi connectivity index (χ4n) is 3.24. The van der Waals surface area contributed by atoms with Gasteiger partial charge in [0.05, 0.1) is 24.6 Å². The lowest BCUT2D eigenvalue weighted by atomic mass is 10.0. The lowest BCUT2D eigenvalue weighted by molar-refractivity contribution is 0.289. The third-order valence-corrected chi connectivity index (χ3v) is 5.37. The average Bonchev–Trinajstić information content (AvgIpc) is 2.80. The SMILES string of the molecule is CC(C)CCOc1ccc(/C(CCC/C(=N\O)c2ccc(OCCC(C)C)cc2)=N/O)cc1. The summed E-state index contributed by atoms with van der Waals surface area (Å²) in [7, 11) is 0. The van der Waals surface area contributed by atoms with Crippen molar-refractivity contribution in [3.63, 3.8) is 0 Å². The van der Waals surface area contributed by atoms with E-state index in [9.17, 15) is 10.4 Å². The van der Waals surface area contributed by atoms with Crippen LogP contribution in [-0.2, 0) is 0 Å². The van der Waals surface area contributed by atoms with E-state index in [1.165, 1.54) is 0 Å². The van der Waals surface area contributed by atoms with Crippen LogP contribution >= 0.6 is 0 Å². The minimum atomic E-state index is 0.555. The van der Waals surface area contributed by atoms with Gasteiger partial charge in [0.2, 0.25) is 0 Å². The third kappa shape index (κ3) is 9.56. The summed E-state index contributed by atoms with van der Waals surface area (Å²) in [6.45, 7) is 10.0. The molecule has 0 aliphatic carbocycles. The highest BCUT2D eigenvalue weighted by Crippen LogP contribution is 2.18. The molecule has 6 heteroatoms. The summed E-state index contributed by atoms with van der Waals surface area (Å²) in [6, 6.07) is 15.2. The minimum absolute atomic E-state index is 0.555. The molecular formula is C27H38N2O4. The Balaban J connectivity index is 1.85. The molecule has 33 heavy (non-hydrogen) atoms. The smallest absolute Gasteiger partial charge is 0.119 e. The Morgan fingerprint density at radius 2 is 1.03 bits per heavy atom. The minimum Gasteiger partial charge on any atom is -0.494 e. The molecule has 2 N–H and O–H groups in total. The van der Waals surface area contributed by atoms with E-state index in [4.69, 9.17) is 9.47 Å². The predicted octanol–water partition coefficient (Wildman–Crippen LogP) is 6.76. The van der Waals surface area contributed by atoms with Crippen LogP contribution in [0.15, 0.2) is 58.8 Å². The van der Waals surface area contributed by atoms with E-state index in [1.807, 2.05) is 48.5 Å². The van der Waals surface area contributed by atoms with Crippen LogP contribution in [0, 0.1) is 11.8 Å². The molecule has 6 nitrogen and oxygen atoms in total. The van der Waals surface area contributed by atoms with E-state index in [1.54, 1.807) is 0 Å². The van der Waals surface area contributed by atoms with Gasteiger partial charge in [0.25, 0.3) is 0 Å². The standard InChI is InChI=1S/C27H38N2O4/c1-20(2)16-18-32-24-12-8-22(9-13-24)26(28-30)6-5-7-27(29-31)23-10-14-25(15-11-23)33-19-17-21(3)4/h8-15,20-21,30-31H,5-7,16-19H2,1-4H3/b28-26+,29-27+. The molecule has 0 aliphatic rings. The fraction of sp³-hybridized carbons (Fsp3) is 0.481. The zero-order chi connectivity index (χ0) is 24.1. The molecule has 0 amide bonds. The third-order valence-electron chi connectivity index (χ3n) is 5.37. The summed E-state index contributed by atoms with van der Waals surface area (Å²) in [6.07, 6.45) is 3.80. The van der Waals surface area contributed by atoms with Gasteiger partial charge in [0.1, 0.15) is 11.5 Å². The van der Waals surface area contributed by atoms with Gasteiger partial charge < -0.3 is 19.9 Å². The number of rotatable bonds is 14. The largest absolute Gasteiger partial charge is 0.494 e.